The highest BCUT2D eigenvalue weighted by Gasteiger charge is 2.43. The van der Waals surface area contributed by atoms with Crippen LogP contribution in [0.2, 0.25) is 0 Å². The van der Waals surface area contributed by atoms with Crippen LogP contribution >= 0.6 is 12.4 Å². The van der Waals surface area contributed by atoms with Crippen molar-refractivity contribution in [3.63, 3.8) is 0 Å². The molecule has 1 aromatic rings. The molecule has 5 heteroatoms. The van der Waals surface area contributed by atoms with Gasteiger partial charge in [-0.05, 0) is 36.7 Å². The summed E-state index contributed by atoms with van der Waals surface area (Å²) in [6, 6.07) is 10.8. The van der Waals surface area contributed by atoms with Gasteiger partial charge in [-0.25, -0.2) is 0 Å². The molecule has 2 heterocycles. The molecule has 0 aromatic heterocycles. The summed E-state index contributed by atoms with van der Waals surface area (Å²) in [5.74, 6) is 1.35. The third kappa shape index (κ3) is 4.18. The number of amides is 1. The lowest BCUT2D eigenvalue weighted by Gasteiger charge is -2.44. The van der Waals surface area contributed by atoms with Gasteiger partial charge in [0.25, 0.3) is 0 Å². The average Bonchev–Trinajstić information content (AvgIpc) is 2.68. The number of carbonyl (C=O) groups excluding carboxylic acids is 1. The maximum atomic E-state index is 13.2. The Balaban J connectivity index is 0.00000225. The molecule has 4 nitrogen and oxygen atoms in total. The van der Waals surface area contributed by atoms with E-state index >= 15 is 0 Å². The summed E-state index contributed by atoms with van der Waals surface area (Å²) in [5.41, 5.74) is 7.05. The Morgan fingerprint density at radius 1 is 1.28 bits per heavy atom. The number of ether oxygens (including phenoxy) is 1. The molecule has 1 aromatic carbocycles. The topological polar surface area (TPSA) is 55.6 Å². The molecule has 2 unspecified atom stereocenters. The fraction of sp³-hybridized carbons (Fsp3) is 0.650. The molecule has 0 aliphatic carbocycles. The molecule has 140 valence electrons. The Morgan fingerprint density at radius 2 is 1.96 bits per heavy atom. The third-order valence-corrected chi connectivity index (χ3v) is 6.07. The predicted octanol–water partition coefficient (Wildman–Crippen LogP) is 3.21. The number of hydrogen-bond donors (Lipinski definition) is 1. The molecule has 2 aliphatic rings. The van der Waals surface area contributed by atoms with Crippen LogP contribution in [0.25, 0.3) is 0 Å². The zero-order valence-electron chi connectivity index (χ0n) is 15.2. The fourth-order valence-corrected chi connectivity index (χ4v) is 4.37. The van der Waals surface area contributed by atoms with Crippen molar-refractivity contribution in [2.75, 3.05) is 32.8 Å². The molecule has 2 atom stereocenters. The number of piperidine rings is 1. The van der Waals surface area contributed by atoms with Crippen LogP contribution in [0, 0.1) is 11.3 Å². The average molecular weight is 367 g/mol. The van der Waals surface area contributed by atoms with Crippen molar-refractivity contribution in [2.24, 2.45) is 17.1 Å². The van der Waals surface area contributed by atoms with Crippen molar-refractivity contribution in [1.82, 2.24) is 4.90 Å². The largest absolute Gasteiger partial charge is 0.381 e. The summed E-state index contributed by atoms with van der Waals surface area (Å²) < 4.78 is 5.45. The van der Waals surface area contributed by atoms with Crippen LogP contribution in [0.1, 0.15) is 44.1 Å². The van der Waals surface area contributed by atoms with Crippen LogP contribution in [0.5, 0.6) is 0 Å². The maximum Gasteiger partial charge on any atom is 0.230 e. The summed E-state index contributed by atoms with van der Waals surface area (Å²) in [7, 11) is 0. The highest BCUT2D eigenvalue weighted by Crippen LogP contribution is 2.38. The summed E-state index contributed by atoms with van der Waals surface area (Å²) in [6.45, 7) is 5.68. The van der Waals surface area contributed by atoms with E-state index in [1.165, 1.54) is 5.56 Å². The van der Waals surface area contributed by atoms with Crippen molar-refractivity contribution >= 4 is 18.3 Å². The Kier molecular flexibility index (Phi) is 7.29. The van der Waals surface area contributed by atoms with E-state index < -0.39 is 5.41 Å². The molecule has 0 bridgehead atoms. The lowest BCUT2D eigenvalue weighted by atomic mass is 9.75. The van der Waals surface area contributed by atoms with Crippen molar-refractivity contribution < 1.29 is 9.53 Å². The Labute approximate surface area is 157 Å². The first-order chi connectivity index (χ1) is 11.7. The molecule has 2 N–H and O–H groups in total. The number of likely N-dealkylation sites (tertiary alicyclic amines) is 1. The summed E-state index contributed by atoms with van der Waals surface area (Å²) in [6.07, 6.45) is 3.67. The van der Waals surface area contributed by atoms with Gasteiger partial charge in [0.05, 0.1) is 5.41 Å². The Hall–Kier alpha value is -1.10. The molecular formula is C20H31ClN2O2. The number of nitrogens with two attached hydrogens (primary N) is 1. The van der Waals surface area contributed by atoms with Crippen molar-refractivity contribution in [3.05, 3.63) is 35.9 Å². The minimum absolute atomic E-state index is 0. The molecule has 1 amide bonds. The van der Waals surface area contributed by atoms with Gasteiger partial charge in [0.1, 0.15) is 0 Å². The van der Waals surface area contributed by atoms with E-state index in [0.29, 0.717) is 31.6 Å². The summed E-state index contributed by atoms with van der Waals surface area (Å²) in [5, 5.41) is 0. The molecule has 0 spiro atoms. The lowest BCUT2D eigenvalue weighted by Crippen LogP contribution is -2.54. The van der Waals surface area contributed by atoms with Gasteiger partial charge in [-0.3, -0.25) is 4.79 Å². The van der Waals surface area contributed by atoms with Crippen LogP contribution in [-0.4, -0.2) is 43.7 Å². The van der Waals surface area contributed by atoms with Gasteiger partial charge >= 0.3 is 0 Å². The van der Waals surface area contributed by atoms with Gasteiger partial charge in [-0.1, -0.05) is 43.7 Å². The number of carbonyl (C=O) groups is 1. The van der Waals surface area contributed by atoms with Crippen molar-refractivity contribution in [3.8, 4) is 0 Å². The quantitative estimate of drug-likeness (QED) is 0.890. The van der Waals surface area contributed by atoms with E-state index in [-0.39, 0.29) is 18.3 Å². The number of nitrogens with zero attached hydrogens (tertiary/aromatic N) is 1. The Bertz CT molecular complexity index is 546. The zero-order valence-corrected chi connectivity index (χ0v) is 16.0. The summed E-state index contributed by atoms with van der Waals surface area (Å²) >= 11 is 0. The SMILES string of the molecule is CCC1CN(C(=O)C2(CN)CCOCC2)CCC1c1ccccc1.Cl. The normalized spacial score (nSPS) is 25.9. The Morgan fingerprint density at radius 3 is 2.56 bits per heavy atom. The number of hydrogen-bond acceptors (Lipinski definition) is 3. The van der Waals surface area contributed by atoms with E-state index in [2.05, 4.69) is 42.2 Å². The summed E-state index contributed by atoms with van der Waals surface area (Å²) in [4.78, 5) is 15.3. The number of halogens is 1. The van der Waals surface area contributed by atoms with E-state index in [1.807, 2.05) is 0 Å². The minimum atomic E-state index is -0.393. The molecule has 2 aliphatic heterocycles. The predicted molar refractivity (Wildman–Crippen MR) is 103 cm³/mol. The van der Waals surface area contributed by atoms with Gasteiger partial charge in [0, 0.05) is 32.8 Å². The maximum absolute atomic E-state index is 13.2. The van der Waals surface area contributed by atoms with Gasteiger partial charge in [0.2, 0.25) is 5.91 Å². The van der Waals surface area contributed by atoms with Crippen molar-refractivity contribution in [2.45, 2.75) is 38.5 Å². The van der Waals surface area contributed by atoms with Crippen LogP contribution in [0.3, 0.4) is 0 Å². The van der Waals surface area contributed by atoms with Crippen LogP contribution < -0.4 is 5.73 Å². The molecule has 25 heavy (non-hydrogen) atoms. The highest BCUT2D eigenvalue weighted by atomic mass is 35.5. The molecule has 2 fully saturated rings. The molecule has 0 saturated carbocycles. The fourth-order valence-electron chi connectivity index (χ4n) is 4.37. The van der Waals surface area contributed by atoms with E-state index in [1.54, 1.807) is 0 Å². The smallest absolute Gasteiger partial charge is 0.230 e. The molecular weight excluding hydrogens is 336 g/mol. The standard InChI is InChI=1S/C20H30N2O2.ClH/c1-2-16-14-22(11-8-18(16)17-6-4-3-5-7-17)19(23)20(15-21)9-12-24-13-10-20;/h3-7,16,18H,2,8-15,21H2,1H3;1H. The first-order valence-electron chi connectivity index (χ1n) is 9.32. The van der Waals surface area contributed by atoms with E-state index in [0.717, 1.165) is 38.8 Å². The van der Waals surface area contributed by atoms with Gasteiger partial charge in [0.15, 0.2) is 0 Å². The van der Waals surface area contributed by atoms with Crippen LogP contribution in [-0.2, 0) is 9.53 Å². The second-order valence-electron chi connectivity index (χ2n) is 7.32. The molecule has 0 radical (unpaired) electrons. The first-order valence-corrected chi connectivity index (χ1v) is 9.32. The van der Waals surface area contributed by atoms with Gasteiger partial charge < -0.3 is 15.4 Å². The second kappa shape index (κ2) is 9.02. The third-order valence-electron chi connectivity index (χ3n) is 6.07. The molecule has 3 rings (SSSR count). The first kappa shape index (κ1) is 20.2. The molecule has 2 saturated heterocycles. The highest BCUT2D eigenvalue weighted by molar-refractivity contribution is 5.85. The minimum Gasteiger partial charge on any atom is -0.381 e. The van der Waals surface area contributed by atoms with Crippen molar-refractivity contribution in [1.29, 1.82) is 0 Å². The van der Waals surface area contributed by atoms with Crippen LogP contribution in [0.4, 0.5) is 0 Å². The van der Waals surface area contributed by atoms with Crippen LogP contribution in [0.15, 0.2) is 30.3 Å². The zero-order chi connectivity index (χ0) is 17.0. The van der Waals surface area contributed by atoms with Gasteiger partial charge in [-0.15, -0.1) is 12.4 Å². The number of benzene rings is 1. The number of rotatable bonds is 4. The lowest BCUT2D eigenvalue weighted by molar-refractivity contribution is -0.149. The monoisotopic (exact) mass is 366 g/mol. The second-order valence-corrected chi connectivity index (χ2v) is 7.32. The van der Waals surface area contributed by atoms with Gasteiger partial charge in [-0.2, -0.15) is 0 Å². The van der Waals surface area contributed by atoms with E-state index in [4.69, 9.17) is 10.5 Å². The van der Waals surface area contributed by atoms with E-state index in [9.17, 15) is 4.79 Å².